The molecular weight excluding hydrogens is 288 g/mol. The fraction of sp³-hybridized carbons (Fsp3) is 0.263. The van der Waals surface area contributed by atoms with Crippen LogP contribution in [0.15, 0.2) is 54.6 Å². The minimum atomic E-state index is -0.478. The van der Waals surface area contributed by atoms with Crippen LogP contribution in [0.1, 0.15) is 34.6 Å². The van der Waals surface area contributed by atoms with Crippen LogP contribution in [-0.2, 0) is 0 Å². The molecule has 0 saturated carbocycles. The van der Waals surface area contributed by atoms with Crippen LogP contribution in [-0.4, -0.2) is 36.7 Å². The molecule has 2 aromatic rings. The Bertz CT molecular complexity index is 662. The fourth-order valence-electron chi connectivity index (χ4n) is 2.49. The largest absolute Gasteiger partial charge is 0.309 e. The van der Waals surface area contributed by atoms with E-state index in [1.807, 2.05) is 30.3 Å². The molecular formula is C19H22N2O2. The third kappa shape index (κ3) is 3.85. The van der Waals surface area contributed by atoms with Gasteiger partial charge >= 0.3 is 0 Å². The monoisotopic (exact) mass is 310 g/mol. The van der Waals surface area contributed by atoms with Gasteiger partial charge in [0.15, 0.2) is 0 Å². The number of carbonyl (C=O) groups is 2. The van der Waals surface area contributed by atoms with Crippen molar-refractivity contribution < 1.29 is 9.59 Å². The van der Waals surface area contributed by atoms with E-state index < -0.39 is 11.6 Å². The highest BCUT2D eigenvalue weighted by Crippen LogP contribution is 2.17. The highest BCUT2D eigenvalue weighted by Gasteiger charge is 2.18. The number of carbonyl (C=O) groups excluding carboxylic acids is 2. The summed E-state index contributed by atoms with van der Waals surface area (Å²) in [4.78, 5) is 24.5. The molecule has 0 fully saturated rings. The third-order valence-electron chi connectivity index (χ3n) is 3.90. The zero-order chi connectivity index (χ0) is 16.8. The number of benzene rings is 2. The van der Waals surface area contributed by atoms with Crippen LogP contribution in [0.4, 0.5) is 5.69 Å². The summed E-state index contributed by atoms with van der Waals surface area (Å²) in [5, 5.41) is 4.22. The Morgan fingerprint density at radius 2 is 1.26 bits per heavy atom. The predicted octanol–water partition coefficient (Wildman–Crippen LogP) is 3.45. The molecule has 0 unspecified atom stereocenters. The molecule has 0 bridgehead atoms. The first-order valence-electron chi connectivity index (χ1n) is 7.81. The first kappa shape index (κ1) is 16.9. The van der Waals surface area contributed by atoms with Crippen molar-refractivity contribution in [2.45, 2.75) is 13.8 Å². The van der Waals surface area contributed by atoms with Crippen molar-refractivity contribution in [2.24, 2.45) is 0 Å². The standard InChI is InChI=1S/C19H22N2O2/c1-4-21(5-2)20(3)17-13-11-16(12-14-17)19(23)18(22)15-9-7-6-8-10-15/h6-14H,4-5H2,1-3H3. The lowest BCUT2D eigenvalue weighted by Gasteiger charge is -2.31. The molecule has 0 atom stereocenters. The van der Waals surface area contributed by atoms with Gasteiger partial charge in [0.05, 0.1) is 5.69 Å². The molecule has 0 aliphatic rings. The topological polar surface area (TPSA) is 40.6 Å². The van der Waals surface area contributed by atoms with E-state index in [9.17, 15) is 9.59 Å². The quantitative estimate of drug-likeness (QED) is 0.446. The highest BCUT2D eigenvalue weighted by atomic mass is 16.2. The average molecular weight is 310 g/mol. The second kappa shape index (κ2) is 7.70. The van der Waals surface area contributed by atoms with Gasteiger partial charge in [-0.3, -0.25) is 9.59 Å². The summed E-state index contributed by atoms with van der Waals surface area (Å²) < 4.78 is 0. The Hall–Kier alpha value is -2.46. The van der Waals surface area contributed by atoms with Gasteiger partial charge in [0.1, 0.15) is 0 Å². The van der Waals surface area contributed by atoms with Gasteiger partial charge in [-0.15, -0.1) is 0 Å². The maximum atomic E-state index is 12.3. The Morgan fingerprint density at radius 3 is 1.74 bits per heavy atom. The molecule has 0 spiro atoms. The summed E-state index contributed by atoms with van der Waals surface area (Å²) in [5.74, 6) is -0.955. The van der Waals surface area contributed by atoms with Crippen molar-refractivity contribution in [3.8, 4) is 0 Å². The molecule has 0 aliphatic carbocycles. The van der Waals surface area contributed by atoms with Crippen molar-refractivity contribution in [2.75, 3.05) is 25.1 Å². The van der Waals surface area contributed by atoms with Crippen molar-refractivity contribution in [3.05, 3.63) is 65.7 Å². The summed E-state index contributed by atoms with van der Waals surface area (Å²) >= 11 is 0. The lowest BCUT2D eigenvalue weighted by Crippen LogP contribution is -2.39. The lowest BCUT2D eigenvalue weighted by molar-refractivity contribution is 0.0817. The number of ketones is 2. The van der Waals surface area contributed by atoms with Gasteiger partial charge in [-0.2, -0.15) is 0 Å². The first-order valence-corrected chi connectivity index (χ1v) is 7.81. The minimum Gasteiger partial charge on any atom is -0.309 e. The van der Waals surface area contributed by atoms with Crippen molar-refractivity contribution in [3.63, 3.8) is 0 Å². The van der Waals surface area contributed by atoms with E-state index in [2.05, 4.69) is 18.9 Å². The van der Waals surface area contributed by atoms with Crippen LogP contribution in [0.5, 0.6) is 0 Å². The molecule has 0 aliphatic heterocycles. The minimum absolute atomic E-state index is 0.413. The van der Waals surface area contributed by atoms with Gasteiger partial charge in [-0.1, -0.05) is 44.2 Å². The van der Waals surface area contributed by atoms with Gasteiger partial charge in [0, 0.05) is 31.3 Å². The number of rotatable bonds is 7. The molecule has 0 saturated heterocycles. The number of hydrogen-bond donors (Lipinski definition) is 0. The Balaban J connectivity index is 2.16. The molecule has 2 aromatic carbocycles. The van der Waals surface area contributed by atoms with E-state index in [1.54, 1.807) is 36.4 Å². The average Bonchev–Trinajstić information content (AvgIpc) is 2.62. The van der Waals surface area contributed by atoms with Gasteiger partial charge in [-0.25, -0.2) is 5.01 Å². The van der Waals surface area contributed by atoms with Gasteiger partial charge < -0.3 is 5.01 Å². The van der Waals surface area contributed by atoms with Crippen LogP contribution in [0, 0.1) is 0 Å². The highest BCUT2D eigenvalue weighted by molar-refractivity contribution is 6.49. The number of hydrazine groups is 1. The molecule has 2 rings (SSSR count). The number of Topliss-reactive ketones (excluding diaryl/α,β-unsaturated/α-hetero) is 2. The second-order valence-corrected chi connectivity index (χ2v) is 5.23. The third-order valence-corrected chi connectivity index (χ3v) is 3.90. The van der Waals surface area contributed by atoms with Crippen LogP contribution in [0.3, 0.4) is 0 Å². The van der Waals surface area contributed by atoms with E-state index in [4.69, 9.17) is 0 Å². The number of hydrogen-bond acceptors (Lipinski definition) is 4. The van der Waals surface area contributed by atoms with Crippen molar-refractivity contribution in [1.29, 1.82) is 0 Å². The maximum absolute atomic E-state index is 12.3. The summed E-state index contributed by atoms with van der Waals surface area (Å²) in [6.45, 7) is 5.99. The first-order chi connectivity index (χ1) is 11.1. The zero-order valence-electron chi connectivity index (χ0n) is 13.8. The fourth-order valence-corrected chi connectivity index (χ4v) is 2.49. The molecule has 0 heterocycles. The van der Waals surface area contributed by atoms with E-state index in [0.29, 0.717) is 11.1 Å². The molecule has 0 N–H and O–H groups in total. The van der Waals surface area contributed by atoms with E-state index >= 15 is 0 Å². The summed E-state index contributed by atoms with van der Waals surface area (Å²) in [6.07, 6.45) is 0. The van der Waals surface area contributed by atoms with Crippen LogP contribution >= 0.6 is 0 Å². The van der Waals surface area contributed by atoms with Crippen LogP contribution in [0.2, 0.25) is 0 Å². The molecule has 0 aromatic heterocycles. The molecule has 0 radical (unpaired) electrons. The van der Waals surface area contributed by atoms with Gasteiger partial charge in [-0.05, 0) is 24.3 Å². The number of anilines is 1. The summed E-state index contributed by atoms with van der Waals surface area (Å²) in [5.41, 5.74) is 1.81. The van der Waals surface area contributed by atoms with Gasteiger partial charge in [0.25, 0.3) is 0 Å². The lowest BCUT2D eigenvalue weighted by atomic mass is 10.0. The normalized spacial score (nSPS) is 10.6. The van der Waals surface area contributed by atoms with Crippen LogP contribution < -0.4 is 5.01 Å². The summed E-state index contributed by atoms with van der Waals surface area (Å²) in [7, 11) is 1.99. The molecule has 0 amide bonds. The molecule has 120 valence electrons. The second-order valence-electron chi connectivity index (χ2n) is 5.23. The Morgan fingerprint density at radius 1 is 0.783 bits per heavy atom. The van der Waals surface area contributed by atoms with Crippen molar-refractivity contribution >= 4 is 17.3 Å². The molecule has 4 heteroatoms. The van der Waals surface area contributed by atoms with Crippen molar-refractivity contribution in [1.82, 2.24) is 5.01 Å². The SMILES string of the molecule is CCN(CC)N(C)c1ccc(C(=O)C(=O)c2ccccc2)cc1. The smallest absolute Gasteiger partial charge is 0.233 e. The Labute approximate surface area is 137 Å². The predicted molar refractivity (Wildman–Crippen MR) is 92.9 cm³/mol. The molecule has 4 nitrogen and oxygen atoms in total. The summed E-state index contributed by atoms with van der Waals surface area (Å²) in [6, 6.07) is 15.8. The molecule has 23 heavy (non-hydrogen) atoms. The maximum Gasteiger partial charge on any atom is 0.233 e. The van der Waals surface area contributed by atoms with E-state index in [-0.39, 0.29) is 0 Å². The van der Waals surface area contributed by atoms with E-state index in [0.717, 1.165) is 18.8 Å². The van der Waals surface area contributed by atoms with E-state index in [1.165, 1.54) is 0 Å². The van der Waals surface area contributed by atoms with Gasteiger partial charge in [0.2, 0.25) is 11.6 Å². The number of nitrogens with zero attached hydrogens (tertiary/aromatic N) is 2. The zero-order valence-corrected chi connectivity index (χ0v) is 13.8. The van der Waals surface area contributed by atoms with Crippen LogP contribution in [0.25, 0.3) is 0 Å². The Kier molecular flexibility index (Phi) is 5.66.